The Morgan fingerprint density at radius 3 is 2.82 bits per heavy atom. The number of hydrogen-bond acceptors (Lipinski definition) is 3. The van der Waals surface area contributed by atoms with Crippen LogP contribution in [-0.2, 0) is 0 Å². The van der Waals surface area contributed by atoms with E-state index in [0.717, 1.165) is 5.69 Å². The first kappa shape index (κ1) is 16.3. The summed E-state index contributed by atoms with van der Waals surface area (Å²) < 4.78 is 1.65. The molecule has 0 spiro atoms. The van der Waals surface area contributed by atoms with Crippen molar-refractivity contribution in [2.24, 2.45) is 0 Å². The number of nitrogens with one attached hydrogen (secondary N) is 2. The predicted octanol–water partition coefficient (Wildman–Crippen LogP) is 2.81. The molecule has 2 aromatic rings. The molecule has 6 nitrogen and oxygen atoms in total. The molecule has 7 heteroatoms. The number of anilines is 1. The zero-order valence-corrected chi connectivity index (χ0v) is 13.3. The van der Waals surface area contributed by atoms with Crippen LogP contribution in [-0.4, -0.2) is 33.1 Å². The number of urea groups is 1. The number of nitrogens with zero attached hydrogens (tertiary/aromatic N) is 2. The number of benzene rings is 1. The molecule has 0 fully saturated rings. The van der Waals surface area contributed by atoms with Gasteiger partial charge >= 0.3 is 6.03 Å². The van der Waals surface area contributed by atoms with Crippen molar-refractivity contribution >= 4 is 23.3 Å². The number of aliphatic hydroxyl groups is 1. The largest absolute Gasteiger partial charge is 0.396 e. The van der Waals surface area contributed by atoms with Crippen LogP contribution in [0.15, 0.2) is 36.7 Å². The molecule has 0 saturated carbocycles. The zero-order chi connectivity index (χ0) is 16.2. The van der Waals surface area contributed by atoms with Gasteiger partial charge in [-0.05, 0) is 44.5 Å². The Kier molecular flexibility index (Phi) is 5.05. The lowest BCUT2D eigenvalue weighted by Gasteiger charge is -2.25. The maximum absolute atomic E-state index is 12.0. The second-order valence-corrected chi connectivity index (χ2v) is 5.96. The number of halogens is 1. The number of carbonyl (C=O) groups is 1. The summed E-state index contributed by atoms with van der Waals surface area (Å²) >= 11 is 6.22. The summed E-state index contributed by atoms with van der Waals surface area (Å²) in [6.07, 6.45) is 3.93. The van der Waals surface area contributed by atoms with E-state index in [-0.39, 0.29) is 12.6 Å². The third-order valence-corrected chi connectivity index (χ3v) is 3.45. The Morgan fingerprint density at radius 2 is 2.23 bits per heavy atom. The van der Waals surface area contributed by atoms with E-state index in [2.05, 4.69) is 15.7 Å². The maximum Gasteiger partial charge on any atom is 0.319 e. The van der Waals surface area contributed by atoms with Gasteiger partial charge in [0.05, 0.1) is 10.7 Å². The average Bonchev–Trinajstić information content (AvgIpc) is 2.91. The Morgan fingerprint density at radius 1 is 1.45 bits per heavy atom. The molecule has 1 heterocycles. The fourth-order valence-electron chi connectivity index (χ4n) is 1.99. The number of aliphatic hydroxyl groups excluding tert-OH is 1. The minimum absolute atomic E-state index is 0.0116. The molecular formula is C15H19ClN4O2. The van der Waals surface area contributed by atoms with Crippen LogP contribution in [0.4, 0.5) is 10.5 Å². The number of amides is 2. The molecule has 0 atom stereocenters. The Bertz CT molecular complexity index is 641. The fraction of sp³-hybridized carbons (Fsp3) is 0.333. The summed E-state index contributed by atoms with van der Waals surface area (Å²) in [5.74, 6) is 0. The van der Waals surface area contributed by atoms with Crippen LogP contribution in [0.3, 0.4) is 0 Å². The number of carbonyl (C=O) groups excluding carboxylic acids is 1. The molecule has 1 aromatic carbocycles. The summed E-state index contributed by atoms with van der Waals surface area (Å²) in [6, 6.07) is 6.66. The third-order valence-electron chi connectivity index (χ3n) is 3.15. The molecule has 2 rings (SSSR count). The molecular weight excluding hydrogens is 304 g/mol. The van der Waals surface area contributed by atoms with Crippen LogP contribution in [0.1, 0.15) is 20.3 Å². The topological polar surface area (TPSA) is 79.2 Å². The minimum Gasteiger partial charge on any atom is -0.396 e. The molecule has 22 heavy (non-hydrogen) atoms. The van der Waals surface area contributed by atoms with Crippen molar-refractivity contribution in [1.82, 2.24) is 15.1 Å². The lowest BCUT2D eigenvalue weighted by Crippen LogP contribution is -2.46. The zero-order valence-electron chi connectivity index (χ0n) is 12.5. The van der Waals surface area contributed by atoms with Gasteiger partial charge in [0.2, 0.25) is 0 Å². The highest BCUT2D eigenvalue weighted by atomic mass is 35.5. The van der Waals surface area contributed by atoms with Gasteiger partial charge in [-0.25, -0.2) is 9.48 Å². The number of rotatable bonds is 5. The van der Waals surface area contributed by atoms with Gasteiger partial charge in [-0.1, -0.05) is 11.6 Å². The lowest BCUT2D eigenvalue weighted by atomic mass is 10.0. The van der Waals surface area contributed by atoms with E-state index in [1.807, 2.05) is 13.8 Å². The number of aromatic nitrogens is 2. The average molecular weight is 323 g/mol. The first-order chi connectivity index (χ1) is 10.4. The van der Waals surface area contributed by atoms with Gasteiger partial charge in [-0.2, -0.15) is 5.10 Å². The summed E-state index contributed by atoms with van der Waals surface area (Å²) in [7, 11) is 0. The van der Waals surface area contributed by atoms with E-state index in [0.29, 0.717) is 17.1 Å². The van der Waals surface area contributed by atoms with E-state index in [1.54, 1.807) is 41.3 Å². The van der Waals surface area contributed by atoms with Gasteiger partial charge in [0.1, 0.15) is 0 Å². The SMILES string of the molecule is CC(C)(CCO)NC(=O)Nc1ccc(-n2cccn2)c(Cl)c1. The van der Waals surface area contributed by atoms with Gasteiger partial charge in [-0.15, -0.1) is 0 Å². The monoisotopic (exact) mass is 322 g/mol. The third kappa shape index (κ3) is 4.22. The van der Waals surface area contributed by atoms with E-state index >= 15 is 0 Å². The molecule has 0 radical (unpaired) electrons. The van der Waals surface area contributed by atoms with E-state index in [9.17, 15) is 4.79 Å². The highest BCUT2D eigenvalue weighted by Crippen LogP contribution is 2.24. The molecule has 0 aliphatic carbocycles. The van der Waals surface area contributed by atoms with Crippen molar-refractivity contribution in [1.29, 1.82) is 0 Å². The van der Waals surface area contributed by atoms with Crippen molar-refractivity contribution in [3.05, 3.63) is 41.7 Å². The van der Waals surface area contributed by atoms with E-state index in [1.165, 1.54) is 0 Å². The van der Waals surface area contributed by atoms with E-state index in [4.69, 9.17) is 16.7 Å². The Labute approximate surface area is 134 Å². The summed E-state index contributed by atoms with van der Waals surface area (Å²) in [5.41, 5.74) is 0.828. The highest BCUT2D eigenvalue weighted by molar-refractivity contribution is 6.32. The van der Waals surface area contributed by atoms with Crippen LogP contribution in [0.2, 0.25) is 5.02 Å². The smallest absolute Gasteiger partial charge is 0.319 e. The van der Waals surface area contributed by atoms with Crippen molar-refractivity contribution < 1.29 is 9.90 Å². The van der Waals surface area contributed by atoms with Crippen LogP contribution in [0, 0.1) is 0 Å². The van der Waals surface area contributed by atoms with Crippen molar-refractivity contribution in [3.63, 3.8) is 0 Å². The number of hydrogen-bond donors (Lipinski definition) is 3. The maximum atomic E-state index is 12.0. The van der Waals surface area contributed by atoms with Gasteiger partial charge < -0.3 is 15.7 Å². The van der Waals surface area contributed by atoms with Crippen LogP contribution < -0.4 is 10.6 Å². The molecule has 0 bridgehead atoms. The normalized spacial score (nSPS) is 11.3. The van der Waals surface area contributed by atoms with Crippen molar-refractivity contribution in [3.8, 4) is 5.69 Å². The van der Waals surface area contributed by atoms with Crippen LogP contribution in [0.25, 0.3) is 5.69 Å². The van der Waals surface area contributed by atoms with Crippen molar-refractivity contribution in [2.45, 2.75) is 25.8 Å². The van der Waals surface area contributed by atoms with Crippen LogP contribution in [0.5, 0.6) is 0 Å². The standard InChI is InChI=1S/C15H19ClN4O2/c1-15(2,6-9-21)19-14(22)18-11-4-5-13(12(16)10-11)20-8-3-7-17-20/h3-5,7-8,10,21H,6,9H2,1-2H3,(H2,18,19,22). The molecule has 1 aromatic heterocycles. The van der Waals surface area contributed by atoms with Gasteiger partial charge in [-0.3, -0.25) is 0 Å². The predicted molar refractivity (Wildman–Crippen MR) is 86.5 cm³/mol. The minimum atomic E-state index is -0.488. The Hall–Kier alpha value is -2.05. The molecule has 0 unspecified atom stereocenters. The van der Waals surface area contributed by atoms with Gasteiger partial charge in [0.15, 0.2) is 0 Å². The van der Waals surface area contributed by atoms with E-state index < -0.39 is 5.54 Å². The van der Waals surface area contributed by atoms with Gasteiger partial charge in [0.25, 0.3) is 0 Å². The lowest BCUT2D eigenvalue weighted by molar-refractivity contribution is 0.218. The second kappa shape index (κ2) is 6.81. The molecule has 0 aliphatic heterocycles. The first-order valence-electron chi connectivity index (χ1n) is 6.91. The van der Waals surface area contributed by atoms with Crippen molar-refractivity contribution in [2.75, 3.05) is 11.9 Å². The second-order valence-electron chi connectivity index (χ2n) is 5.55. The summed E-state index contributed by atoms with van der Waals surface area (Å²) in [6.45, 7) is 3.70. The summed E-state index contributed by atoms with van der Waals surface area (Å²) in [5, 5.41) is 19.1. The highest BCUT2D eigenvalue weighted by Gasteiger charge is 2.19. The first-order valence-corrected chi connectivity index (χ1v) is 7.29. The molecule has 0 aliphatic rings. The Balaban J connectivity index is 2.05. The van der Waals surface area contributed by atoms with Crippen LogP contribution >= 0.6 is 11.6 Å². The fourth-order valence-corrected chi connectivity index (χ4v) is 2.26. The quantitative estimate of drug-likeness (QED) is 0.792. The molecule has 118 valence electrons. The van der Waals surface area contributed by atoms with Gasteiger partial charge in [0, 0.05) is 30.2 Å². The molecule has 0 saturated heterocycles. The summed E-state index contributed by atoms with van der Waals surface area (Å²) in [4.78, 5) is 12.0. The molecule has 2 amide bonds. The molecule has 3 N–H and O–H groups in total.